The maximum absolute atomic E-state index is 12.9. The summed E-state index contributed by atoms with van der Waals surface area (Å²) in [6.45, 7) is 7.05. The summed E-state index contributed by atoms with van der Waals surface area (Å²) in [6.07, 6.45) is 36.5. The summed E-state index contributed by atoms with van der Waals surface area (Å²) in [5.74, 6) is -1.41. The first-order chi connectivity index (χ1) is 38.0. The van der Waals surface area contributed by atoms with E-state index in [1.807, 2.05) is 0 Å². The van der Waals surface area contributed by atoms with Gasteiger partial charge < -0.3 is 33.8 Å². The second kappa shape index (κ2) is 54.0. The second-order valence-electron chi connectivity index (χ2n) is 22.2. The van der Waals surface area contributed by atoms with Gasteiger partial charge in [-0.15, -0.1) is 0 Å². The number of rotatable bonds is 60. The molecule has 5 atom stereocenters. The molecule has 0 radical (unpaired) electrons. The summed E-state index contributed by atoms with van der Waals surface area (Å²) < 4.78 is 67.6. The van der Waals surface area contributed by atoms with Crippen LogP contribution in [0, 0.1) is 5.92 Å². The number of hydrogen-bond acceptors (Lipinski definition) is 15. The van der Waals surface area contributed by atoms with Crippen LogP contribution in [0.15, 0.2) is 0 Å². The zero-order chi connectivity index (χ0) is 58.5. The predicted octanol–water partition coefficient (Wildman–Crippen LogP) is 16.2. The van der Waals surface area contributed by atoms with Crippen molar-refractivity contribution in [2.45, 2.75) is 316 Å². The maximum Gasteiger partial charge on any atom is 0.472 e. The van der Waals surface area contributed by atoms with Crippen LogP contribution in [0.1, 0.15) is 298 Å². The number of hydrogen-bond donors (Lipinski definition) is 3. The summed E-state index contributed by atoms with van der Waals surface area (Å²) in [7, 11) is -9.87. The predicted molar refractivity (Wildman–Crippen MR) is 312 cm³/mol. The topological polar surface area (TPSA) is 237 Å². The Morgan fingerprint density at radius 1 is 0.342 bits per heavy atom. The molecular formula is C60H116O17P2. The first-order valence-corrected chi connectivity index (χ1v) is 34.6. The van der Waals surface area contributed by atoms with E-state index in [2.05, 4.69) is 34.6 Å². The lowest BCUT2D eigenvalue weighted by Crippen LogP contribution is -2.30. The van der Waals surface area contributed by atoms with Crippen LogP contribution in [-0.4, -0.2) is 96.7 Å². The van der Waals surface area contributed by atoms with Crippen molar-refractivity contribution in [2.24, 2.45) is 5.92 Å². The molecule has 0 saturated carbocycles. The van der Waals surface area contributed by atoms with Crippen molar-refractivity contribution < 1.29 is 80.2 Å². The highest BCUT2D eigenvalue weighted by molar-refractivity contribution is 7.47. The molecule has 3 N–H and O–H groups in total. The Balaban J connectivity index is 5.18. The van der Waals surface area contributed by atoms with Crippen LogP contribution in [0.4, 0.5) is 0 Å². The number of unbranched alkanes of at least 4 members (excludes halogenated alkanes) is 32. The molecule has 0 aliphatic heterocycles. The Hall–Kier alpha value is -1.94. The van der Waals surface area contributed by atoms with Gasteiger partial charge in [0.1, 0.15) is 19.3 Å². The molecule has 79 heavy (non-hydrogen) atoms. The quantitative estimate of drug-likeness (QED) is 0.0222. The fraction of sp³-hybridized carbons (Fsp3) is 0.933. The Morgan fingerprint density at radius 2 is 0.582 bits per heavy atom. The van der Waals surface area contributed by atoms with E-state index in [9.17, 15) is 43.2 Å². The monoisotopic (exact) mass is 1170 g/mol. The minimum atomic E-state index is -4.94. The Kier molecular flexibility index (Phi) is 52.7. The van der Waals surface area contributed by atoms with Crippen LogP contribution in [-0.2, 0) is 65.4 Å². The molecule has 0 aromatic rings. The Bertz CT molecular complexity index is 1550. The van der Waals surface area contributed by atoms with Crippen molar-refractivity contribution in [2.75, 3.05) is 39.6 Å². The zero-order valence-corrected chi connectivity index (χ0v) is 52.3. The first kappa shape index (κ1) is 77.1. The third-order valence-corrected chi connectivity index (χ3v) is 15.7. The molecule has 468 valence electrons. The molecule has 0 fully saturated rings. The minimum absolute atomic E-state index is 0.105. The molecule has 0 saturated heterocycles. The van der Waals surface area contributed by atoms with Crippen molar-refractivity contribution in [1.82, 2.24) is 0 Å². The summed E-state index contributed by atoms with van der Waals surface area (Å²) in [4.78, 5) is 71.8. The Morgan fingerprint density at radius 3 is 0.861 bits per heavy atom. The largest absolute Gasteiger partial charge is 0.472 e. The first-order valence-electron chi connectivity index (χ1n) is 31.6. The van der Waals surface area contributed by atoms with E-state index >= 15 is 0 Å². The van der Waals surface area contributed by atoms with E-state index in [4.69, 9.17) is 37.0 Å². The number of carbonyl (C=O) groups is 4. The highest BCUT2D eigenvalue weighted by Crippen LogP contribution is 2.45. The number of ether oxygens (including phenoxy) is 4. The SMILES string of the molecule is CCCCCCCCCCCCCCC(=O)OC[C@H](COP(=O)(O)OC[C@@H](O)COP(=O)(O)OC[C@@H](COC(=O)CCCCCCC)OC(=O)CCCCCCCCCCCC)OC(=O)CCCCCCCCCCCC(C)C. The molecular weight excluding hydrogens is 1050 g/mol. The van der Waals surface area contributed by atoms with Gasteiger partial charge in [0, 0.05) is 25.7 Å². The highest BCUT2D eigenvalue weighted by atomic mass is 31.2. The molecule has 19 heteroatoms. The van der Waals surface area contributed by atoms with Crippen molar-refractivity contribution in [3.63, 3.8) is 0 Å². The van der Waals surface area contributed by atoms with Gasteiger partial charge in [-0.25, -0.2) is 9.13 Å². The fourth-order valence-electron chi connectivity index (χ4n) is 8.88. The normalized spacial score (nSPS) is 14.3. The van der Waals surface area contributed by atoms with Gasteiger partial charge in [0.25, 0.3) is 0 Å². The van der Waals surface area contributed by atoms with E-state index in [0.29, 0.717) is 25.7 Å². The van der Waals surface area contributed by atoms with Crippen molar-refractivity contribution >= 4 is 39.5 Å². The summed E-state index contributed by atoms with van der Waals surface area (Å²) in [5.41, 5.74) is 0. The lowest BCUT2D eigenvalue weighted by atomic mass is 10.0. The molecule has 0 rings (SSSR count). The number of phosphoric ester groups is 2. The molecule has 0 aliphatic carbocycles. The molecule has 0 aromatic heterocycles. The average molecular weight is 1170 g/mol. The molecule has 0 aliphatic rings. The van der Waals surface area contributed by atoms with E-state index < -0.39 is 97.5 Å². The van der Waals surface area contributed by atoms with Gasteiger partial charge in [0.15, 0.2) is 12.2 Å². The van der Waals surface area contributed by atoms with E-state index in [1.165, 1.54) is 116 Å². The van der Waals surface area contributed by atoms with Gasteiger partial charge in [-0.05, 0) is 31.6 Å². The van der Waals surface area contributed by atoms with Crippen molar-refractivity contribution in [3.8, 4) is 0 Å². The standard InChI is InChI=1S/C60H116O17P2/c1-6-9-12-15-17-19-21-22-26-29-34-39-44-58(63)71-50-56(77-60(65)46-41-36-31-27-23-24-28-33-37-42-53(4)5)52-75-79(68,69)73-48-54(61)47-72-78(66,67)74-51-55(49-70-57(62)43-38-32-14-11-8-3)76-59(64)45-40-35-30-25-20-18-16-13-10-7-2/h53-56,61H,6-52H2,1-5H3,(H,66,67)(H,68,69)/t54-,55+,56+/m0/s1. The van der Waals surface area contributed by atoms with Crippen LogP contribution >= 0.6 is 15.6 Å². The maximum atomic E-state index is 12.9. The van der Waals surface area contributed by atoms with Crippen molar-refractivity contribution in [3.05, 3.63) is 0 Å². The second-order valence-corrected chi connectivity index (χ2v) is 25.1. The van der Waals surface area contributed by atoms with Gasteiger partial charge >= 0.3 is 39.5 Å². The summed E-state index contributed by atoms with van der Waals surface area (Å²) >= 11 is 0. The number of carbonyl (C=O) groups excluding carboxylic acids is 4. The van der Waals surface area contributed by atoms with Gasteiger partial charge in [0.05, 0.1) is 26.4 Å². The molecule has 0 spiro atoms. The molecule has 0 bridgehead atoms. The lowest BCUT2D eigenvalue weighted by molar-refractivity contribution is -0.161. The fourth-order valence-corrected chi connectivity index (χ4v) is 10.5. The smallest absolute Gasteiger partial charge is 0.462 e. The highest BCUT2D eigenvalue weighted by Gasteiger charge is 2.30. The van der Waals surface area contributed by atoms with Crippen LogP contribution in [0.2, 0.25) is 0 Å². The molecule has 0 aromatic carbocycles. The molecule has 17 nitrogen and oxygen atoms in total. The van der Waals surface area contributed by atoms with Gasteiger partial charge in [-0.1, -0.05) is 247 Å². The third-order valence-electron chi connectivity index (χ3n) is 13.8. The number of aliphatic hydroxyl groups excluding tert-OH is 1. The van der Waals surface area contributed by atoms with E-state index in [-0.39, 0.29) is 25.7 Å². The third kappa shape index (κ3) is 55.0. The van der Waals surface area contributed by atoms with Gasteiger partial charge in [0.2, 0.25) is 0 Å². The van der Waals surface area contributed by atoms with E-state index in [1.54, 1.807) is 0 Å². The zero-order valence-electron chi connectivity index (χ0n) is 50.5. The van der Waals surface area contributed by atoms with Crippen LogP contribution < -0.4 is 0 Å². The Labute approximate surface area is 479 Å². The van der Waals surface area contributed by atoms with Gasteiger partial charge in [-0.2, -0.15) is 0 Å². The lowest BCUT2D eigenvalue weighted by Gasteiger charge is -2.21. The average Bonchev–Trinajstić information content (AvgIpc) is 3.41. The summed E-state index contributed by atoms with van der Waals surface area (Å²) in [6, 6.07) is 0. The van der Waals surface area contributed by atoms with Crippen LogP contribution in [0.5, 0.6) is 0 Å². The van der Waals surface area contributed by atoms with Crippen LogP contribution in [0.3, 0.4) is 0 Å². The van der Waals surface area contributed by atoms with Gasteiger partial charge in [-0.3, -0.25) is 37.3 Å². The minimum Gasteiger partial charge on any atom is -0.462 e. The van der Waals surface area contributed by atoms with Crippen molar-refractivity contribution in [1.29, 1.82) is 0 Å². The molecule has 0 heterocycles. The molecule has 0 amide bonds. The number of esters is 4. The van der Waals surface area contributed by atoms with Crippen LogP contribution in [0.25, 0.3) is 0 Å². The number of aliphatic hydroxyl groups is 1. The van der Waals surface area contributed by atoms with E-state index in [0.717, 1.165) is 102 Å². The summed E-state index contributed by atoms with van der Waals surface area (Å²) in [5, 5.41) is 10.5. The molecule has 2 unspecified atom stereocenters. The number of phosphoric acid groups is 2.